The van der Waals surface area contributed by atoms with E-state index in [9.17, 15) is 0 Å². The maximum absolute atomic E-state index is 9.09. The molecule has 0 saturated heterocycles. The van der Waals surface area contributed by atoms with Crippen molar-refractivity contribution in [1.82, 2.24) is 0 Å². The molecule has 2 nitrogen and oxygen atoms in total. The Kier molecular flexibility index (Phi) is 19.0. The van der Waals surface area contributed by atoms with Crippen LogP contribution in [0.25, 0.3) is 0 Å². The molecule has 0 aromatic heterocycles. The maximum atomic E-state index is 9.09. The summed E-state index contributed by atoms with van der Waals surface area (Å²) in [6.07, 6.45) is 5.15. The van der Waals surface area contributed by atoms with Gasteiger partial charge in [0.05, 0.1) is 0 Å². The normalized spacial score (nSPS) is 6.50. The SMILES string of the molecule is O=[C]=[W]=[C]=O.[CH-]=CC=CC. The zero-order valence-electron chi connectivity index (χ0n) is 5.53. The number of hydrogen-bond acceptors (Lipinski definition) is 2. The van der Waals surface area contributed by atoms with Crippen molar-refractivity contribution in [3.05, 3.63) is 24.8 Å². The third-order valence-electron chi connectivity index (χ3n) is 0.387. The van der Waals surface area contributed by atoms with Gasteiger partial charge in [-0.2, -0.15) is 6.08 Å². The monoisotopic (exact) mass is 307 g/mol. The molecule has 0 atom stereocenters. The van der Waals surface area contributed by atoms with E-state index in [4.69, 9.17) is 16.2 Å². The molecule has 0 aliphatic rings. The van der Waals surface area contributed by atoms with Crippen LogP contribution in [-0.4, -0.2) is 8.53 Å². The number of rotatable bonds is 1. The van der Waals surface area contributed by atoms with Gasteiger partial charge in [-0.3, -0.25) is 6.58 Å². The van der Waals surface area contributed by atoms with E-state index in [-0.39, 0.29) is 0 Å². The smallest absolute Gasteiger partial charge is 0.0633 e. The summed E-state index contributed by atoms with van der Waals surface area (Å²) >= 11 is -1.37. The summed E-state index contributed by atoms with van der Waals surface area (Å²) in [6.45, 7) is 6.85. The molecule has 0 rings (SSSR count). The fourth-order valence-electron chi connectivity index (χ4n) is 0.128. The van der Waals surface area contributed by atoms with Crippen molar-refractivity contribution in [1.29, 1.82) is 0 Å². The Hall–Kier alpha value is -0.672. The topological polar surface area (TPSA) is 34.1 Å². The molecule has 0 amide bonds. The van der Waals surface area contributed by atoms with Gasteiger partial charge in [0, 0.05) is 0 Å². The van der Waals surface area contributed by atoms with E-state index in [0.717, 1.165) is 0 Å². The van der Waals surface area contributed by atoms with Gasteiger partial charge >= 0.3 is 35.8 Å². The molecule has 10 heavy (non-hydrogen) atoms. The first kappa shape index (κ1) is 12.0. The summed E-state index contributed by atoms with van der Waals surface area (Å²) in [7, 11) is 0. The molecular formula is C7H7O2W-. The largest absolute Gasteiger partial charge is 0.293 e. The van der Waals surface area contributed by atoms with Crippen molar-refractivity contribution in [2.75, 3.05) is 0 Å². The van der Waals surface area contributed by atoms with E-state index in [1.54, 1.807) is 6.08 Å². The molecular weight excluding hydrogens is 300 g/mol. The van der Waals surface area contributed by atoms with Crippen molar-refractivity contribution in [3.63, 3.8) is 0 Å². The predicted octanol–water partition coefficient (Wildman–Crippen LogP) is 0.755. The van der Waals surface area contributed by atoms with Gasteiger partial charge in [0.1, 0.15) is 0 Å². The Bertz CT molecular complexity index is 190. The second-order valence-corrected chi connectivity index (χ2v) is 2.92. The quantitative estimate of drug-likeness (QED) is 0.529. The van der Waals surface area contributed by atoms with Crippen LogP contribution in [0.2, 0.25) is 0 Å². The van der Waals surface area contributed by atoms with Gasteiger partial charge in [-0.15, -0.1) is 0 Å². The van der Waals surface area contributed by atoms with Crippen LogP contribution in [0.3, 0.4) is 0 Å². The maximum Gasteiger partial charge on any atom is -0.0633 e. The van der Waals surface area contributed by atoms with Crippen molar-refractivity contribution in [2.45, 2.75) is 6.92 Å². The van der Waals surface area contributed by atoms with Crippen molar-refractivity contribution < 1.29 is 27.2 Å². The van der Waals surface area contributed by atoms with Gasteiger partial charge in [0.25, 0.3) is 0 Å². The fourth-order valence-corrected chi connectivity index (χ4v) is 0.250. The molecule has 0 aromatic carbocycles. The van der Waals surface area contributed by atoms with Crippen LogP contribution < -0.4 is 0 Å². The summed E-state index contributed by atoms with van der Waals surface area (Å²) in [4.78, 5) is 18.2. The zero-order chi connectivity index (χ0) is 8.24. The second kappa shape index (κ2) is 15.8. The molecule has 0 spiro atoms. The molecule has 0 unspecified atom stereocenters. The molecule has 0 aromatic rings. The van der Waals surface area contributed by atoms with Gasteiger partial charge < -0.3 is 0 Å². The Morgan fingerprint density at radius 1 is 1.40 bits per heavy atom. The minimum absolute atomic E-state index is 1.37. The molecule has 0 saturated carbocycles. The predicted molar refractivity (Wildman–Crippen MR) is 35.1 cm³/mol. The summed E-state index contributed by atoms with van der Waals surface area (Å²) in [6, 6.07) is 0. The molecule has 0 heterocycles. The molecule has 0 fully saturated rings. The van der Waals surface area contributed by atoms with Gasteiger partial charge in [-0.1, -0.05) is 6.92 Å². The Balaban J connectivity index is 0. The van der Waals surface area contributed by atoms with Gasteiger partial charge in [-0.05, 0) is 0 Å². The second-order valence-electron chi connectivity index (χ2n) is 0.987. The third-order valence-corrected chi connectivity index (χ3v) is 0.986. The van der Waals surface area contributed by atoms with Gasteiger partial charge in [0.2, 0.25) is 0 Å². The molecule has 0 N–H and O–H groups in total. The average molecular weight is 307 g/mol. The summed E-state index contributed by atoms with van der Waals surface area (Å²) in [5.41, 5.74) is 0. The first-order valence-electron chi connectivity index (χ1n) is 2.39. The molecule has 3 heteroatoms. The van der Waals surface area contributed by atoms with Gasteiger partial charge in [-0.25, -0.2) is 12.2 Å². The standard InChI is InChI=1S/C5H7.2CO.W/c1-3-5-4-2;2*1-2;/h1,3-5H,2H3;;;/q-1;;;. The summed E-state index contributed by atoms with van der Waals surface area (Å²) in [5, 5.41) is 0. The van der Waals surface area contributed by atoms with E-state index in [2.05, 4.69) is 0 Å². The number of allylic oxidation sites excluding steroid dienone is 3. The third kappa shape index (κ3) is 26.5. The van der Waals surface area contributed by atoms with Crippen molar-refractivity contribution in [3.8, 4) is 0 Å². The van der Waals surface area contributed by atoms with Crippen LogP contribution in [0.4, 0.5) is 0 Å². The van der Waals surface area contributed by atoms with Crippen LogP contribution in [0.5, 0.6) is 0 Å². The van der Waals surface area contributed by atoms with Gasteiger partial charge in [0.15, 0.2) is 0 Å². The summed E-state index contributed by atoms with van der Waals surface area (Å²) < 4.78 is 3.02. The average Bonchev–Trinajstić information content (AvgIpc) is 1.93. The van der Waals surface area contributed by atoms with E-state index in [1.165, 1.54) is 14.6 Å². The van der Waals surface area contributed by atoms with Crippen molar-refractivity contribution in [2.24, 2.45) is 0 Å². The molecule has 0 bridgehead atoms. The van der Waals surface area contributed by atoms with Crippen LogP contribution in [-0.2, 0) is 27.2 Å². The number of hydrogen-bond donors (Lipinski definition) is 0. The molecule has 54 valence electrons. The minimum atomic E-state index is -1.37. The fraction of sp³-hybridized carbons (Fsp3) is 0.143. The zero-order valence-corrected chi connectivity index (χ0v) is 8.47. The number of carbonyl (C=O) groups excluding carboxylic acids is 2. The first-order chi connectivity index (χ1) is 4.83. The molecule has 0 aliphatic heterocycles. The van der Waals surface area contributed by atoms with E-state index in [1.807, 2.05) is 13.0 Å². The van der Waals surface area contributed by atoms with Crippen LogP contribution in [0.15, 0.2) is 18.2 Å². The Morgan fingerprint density at radius 3 is 1.90 bits per heavy atom. The van der Waals surface area contributed by atoms with Crippen LogP contribution >= 0.6 is 0 Å². The van der Waals surface area contributed by atoms with E-state index < -0.39 is 17.6 Å². The Labute approximate surface area is 67.8 Å². The summed E-state index contributed by atoms with van der Waals surface area (Å²) in [5.74, 6) is 0. The van der Waals surface area contributed by atoms with E-state index >= 15 is 0 Å². The molecule has 0 radical (unpaired) electrons. The Morgan fingerprint density at radius 2 is 1.90 bits per heavy atom. The van der Waals surface area contributed by atoms with Crippen LogP contribution in [0.1, 0.15) is 6.92 Å². The minimum Gasteiger partial charge on any atom is -0.293 e. The van der Waals surface area contributed by atoms with Crippen LogP contribution in [0, 0.1) is 6.58 Å². The molecule has 0 aliphatic carbocycles. The van der Waals surface area contributed by atoms with Crippen molar-refractivity contribution >= 4 is 8.53 Å². The first-order valence-corrected chi connectivity index (χ1v) is 5.33. The van der Waals surface area contributed by atoms with E-state index in [0.29, 0.717) is 0 Å².